The van der Waals surface area contributed by atoms with Crippen molar-refractivity contribution in [1.82, 2.24) is 9.80 Å². The summed E-state index contributed by atoms with van der Waals surface area (Å²) in [5, 5.41) is 0. The molecule has 0 bridgehead atoms. The number of likely N-dealkylation sites (N-methyl/N-ethyl adjacent to an activating group) is 1. The Morgan fingerprint density at radius 3 is 2.67 bits per heavy atom. The van der Waals surface area contributed by atoms with Crippen LogP contribution in [0.3, 0.4) is 0 Å². The van der Waals surface area contributed by atoms with E-state index >= 15 is 0 Å². The molecule has 0 spiro atoms. The first-order chi connectivity index (χ1) is 4.29. The van der Waals surface area contributed by atoms with E-state index in [2.05, 4.69) is 23.9 Å². The molecule has 0 N–H and O–H groups in total. The molecular formula is C7H15N2-. The van der Waals surface area contributed by atoms with Crippen LogP contribution in [0.15, 0.2) is 0 Å². The van der Waals surface area contributed by atoms with E-state index in [4.69, 9.17) is 0 Å². The molecular weight excluding hydrogens is 112 g/mol. The van der Waals surface area contributed by atoms with E-state index in [0.29, 0.717) is 0 Å². The molecule has 1 saturated heterocycles. The van der Waals surface area contributed by atoms with Crippen molar-refractivity contribution < 1.29 is 0 Å². The van der Waals surface area contributed by atoms with Gasteiger partial charge in [0.2, 0.25) is 0 Å². The lowest BCUT2D eigenvalue weighted by molar-refractivity contribution is 0.335. The third-order valence-electron chi connectivity index (χ3n) is 1.81. The summed E-state index contributed by atoms with van der Waals surface area (Å²) in [6, 6.07) is 0. The number of rotatable bonds is 0. The highest BCUT2D eigenvalue weighted by Gasteiger charge is 2.02. The Balaban J connectivity index is 2.25. The number of hydrogen-bond acceptors (Lipinski definition) is 2. The minimum absolute atomic E-state index is 1.12. The van der Waals surface area contributed by atoms with Gasteiger partial charge in [-0.2, -0.15) is 0 Å². The van der Waals surface area contributed by atoms with Gasteiger partial charge in [0.1, 0.15) is 0 Å². The molecule has 1 heterocycles. The molecule has 2 nitrogen and oxygen atoms in total. The van der Waals surface area contributed by atoms with E-state index < -0.39 is 0 Å². The minimum atomic E-state index is 1.12. The normalized spacial score (nSPS) is 26.0. The van der Waals surface area contributed by atoms with E-state index in [1.165, 1.54) is 19.5 Å². The van der Waals surface area contributed by atoms with Crippen LogP contribution >= 0.6 is 0 Å². The van der Waals surface area contributed by atoms with Gasteiger partial charge in [0.05, 0.1) is 0 Å². The Bertz CT molecular complexity index is 73.0. The van der Waals surface area contributed by atoms with Gasteiger partial charge in [0, 0.05) is 6.54 Å². The van der Waals surface area contributed by atoms with Crippen molar-refractivity contribution in [3.63, 3.8) is 0 Å². The summed E-state index contributed by atoms with van der Waals surface area (Å²) in [6.45, 7) is 4.68. The maximum absolute atomic E-state index is 3.90. The number of nitrogens with zero attached hydrogens (tertiary/aromatic N) is 2. The van der Waals surface area contributed by atoms with Crippen LogP contribution in [0.4, 0.5) is 0 Å². The van der Waals surface area contributed by atoms with Crippen LogP contribution in [-0.4, -0.2) is 43.0 Å². The highest BCUT2D eigenvalue weighted by molar-refractivity contribution is 4.65. The van der Waals surface area contributed by atoms with Crippen molar-refractivity contribution in [2.24, 2.45) is 0 Å². The lowest BCUT2D eigenvalue weighted by atomic mass is 10.4. The molecule has 0 unspecified atom stereocenters. The SMILES string of the molecule is [CH2-]N1CCCN(C)CC1. The molecule has 2 heteroatoms. The van der Waals surface area contributed by atoms with Crippen LogP contribution in [0.2, 0.25) is 0 Å². The van der Waals surface area contributed by atoms with Gasteiger partial charge in [0.15, 0.2) is 0 Å². The Kier molecular flexibility index (Phi) is 2.49. The van der Waals surface area contributed by atoms with Crippen LogP contribution in [0.1, 0.15) is 6.42 Å². The van der Waals surface area contributed by atoms with Gasteiger partial charge in [-0.15, -0.1) is 0 Å². The molecule has 1 aliphatic heterocycles. The maximum Gasteiger partial charge on any atom is 0.00821 e. The van der Waals surface area contributed by atoms with E-state index in [9.17, 15) is 0 Å². The summed E-state index contributed by atoms with van der Waals surface area (Å²) in [7, 11) is 6.06. The molecule has 0 aromatic rings. The van der Waals surface area contributed by atoms with E-state index in [0.717, 1.165) is 13.1 Å². The fourth-order valence-electron chi connectivity index (χ4n) is 1.10. The van der Waals surface area contributed by atoms with E-state index in [1.54, 1.807) is 0 Å². The molecule has 1 fully saturated rings. The van der Waals surface area contributed by atoms with E-state index in [-0.39, 0.29) is 0 Å². The predicted molar refractivity (Wildman–Crippen MR) is 39.0 cm³/mol. The zero-order valence-corrected chi connectivity index (χ0v) is 6.14. The van der Waals surface area contributed by atoms with Gasteiger partial charge in [-0.1, -0.05) is 0 Å². The van der Waals surface area contributed by atoms with E-state index in [1.807, 2.05) is 0 Å². The van der Waals surface area contributed by atoms with Crippen LogP contribution in [0.5, 0.6) is 0 Å². The largest absolute Gasteiger partial charge is 0.458 e. The Hall–Kier alpha value is -0.0800. The average molecular weight is 127 g/mol. The fraction of sp³-hybridized carbons (Fsp3) is 0.857. The lowest BCUT2D eigenvalue weighted by Crippen LogP contribution is -2.24. The summed E-state index contributed by atoms with van der Waals surface area (Å²) in [6.07, 6.45) is 1.26. The predicted octanol–water partition coefficient (Wildman–Crippen LogP) is 0.415. The van der Waals surface area contributed by atoms with Crippen molar-refractivity contribution >= 4 is 0 Å². The Morgan fingerprint density at radius 1 is 1.11 bits per heavy atom. The quantitative estimate of drug-likeness (QED) is 0.435. The molecule has 0 atom stereocenters. The first kappa shape index (κ1) is 7.03. The van der Waals surface area contributed by atoms with Crippen molar-refractivity contribution in [1.29, 1.82) is 0 Å². The van der Waals surface area contributed by atoms with Crippen LogP contribution in [0.25, 0.3) is 0 Å². The minimum Gasteiger partial charge on any atom is -0.458 e. The number of hydrogen-bond donors (Lipinski definition) is 0. The molecule has 54 valence electrons. The lowest BCUT2D eigenvalue weighted by Gasteiger charge is -2.21. The fourth-order valence-corrected chi connectivity index (χ4v) is 1.10. The van der Waals surface area contributed by atoms with Gasteiger partial charge >= 0.3 is 0 Å². The molecule has 0 saturated carbocycles. The van der Waals surface area contributed by atoms with Crippen LogP contribution in [-0.2, 0) is 0 Å². The first-order valence-electron chi connectivity index (χ1n) is 3.53. The zero-order valence-electron chi connectivity index (χ0n) is 6.14. The maximum atomic E-state index is 3.90. The summed E-state index contributed by atoms with van der Waals surface area (Å²) in [5.74, 6) is 0. The summed E-state index contributed by atoms with van der Waals surface area (Å²) < 4.78 is 0. The molecule has 0 radical (unpaired) electrons. The summed E-state index contributed by atoms with van der Waals surface area (Å²) in [5.41, 5.74) is 0. The van der Waals surface area contributed by atoms with Crippen molar-refractivity contribution in [2.75, 3.05) is 33.2 Å². The molecule has 9 heavy (non-hydrogen) atoms. The van der Waals surface area contributed by atoms with Crippen molar-refractivity contribution in [2.45, 2.75) is 6.42 Å². The van der Waals surface area contributed by atoms with Gasteiger partial charge in [-0.3, -0.25) is 7.05 Å². The second-order valence-corrected chi connectivity index (χ2v) is 2.77. The molecule has 0 amide bonds. The third kappa shape index (κ3) is 2.33. The smallest absolute Gasteiger partial charge is 0.00821 e. The van der Waals surface area contributed by atoms with Gasteiger partial charge in [-0.25, -0.2) is 0 Å². The van der Waals surface area contributed by atoms with Crippen LogP contribution in [0, 0.1) is 7.05 Å². The second kappa shape index (κ2) is 3.18. The second-order valence-electron chi connectivity index (χ2n) is 2.77. The summed E-state index contributed by atoms with van der Waals surface area (Å²) >= 11 is 0. The first-order valence-corrected chi connectivity index (χ1v) is 3.53. The zero-order chi connectivity index (χ0) is 6.69. The van der Waals surface area contributed by atoms with Gasteiger partial charge in [0.25, 0.3) is 0 Å². The summed E-state index contributed by atoms with van der Waals surface area (Å²) in [4.78, 5) is 4.49. The third-order valence-corrected chi connectivity index (χ3v) is 1.81. The topological polar surface area (TPSA) is 6.48 Å². The average Bonchev–Trinajstić information content (AvgIpc) is 1.97. The molecule has 0 aromatic carbocycles. The standard InChI is InChI=1S/C7H15N2/c1-8-4-3-5-9(2)7-6-8/h1,3-7H2,2H3/q-1. The monoisotopic (exact) mass is 127 g/mol. The van der Waals surface area contributed by atoms with Crippen molar-refractivity contribution in [3.8, 4) is 0 Å². The molecule has 1 rings (SSSR count). The van der Waals surface area contributed by atoms with Gasteiger partial charge in [-0.05, 0) is 33.1 Å². The van der Waals surface area contributed by atoms with Gasteiger partial charge < -0.3 is 9.80 Å². The molecule has 0 aromatic heterocycles. The Labute approximate surface area is 57.4 Å². The molecule has 0 aliphatic carbocycles. The highest BCUT2D eigenvalue weighted by Crippen LogP contribution is 1.97. The van der Waals surface area contributed by atoms with Crippen molar-refractivity contribution in [3.05, 3.63) is 7.05 Å². The Morgan fingerprint density at radius 2 is 1.89 bits per heavy atom. The highest BCUT2D eigenvalue weighted by atomic mass is 15.2. The molecule has 1 aliphatic rings. The van der Waals surface area contributed by atoms with Crippen LogP contribution < -0.4 is 0 Å².